The van der Waals surface area contributed by atoms with Gasteiger partial charge in [-0.15, -0.1) is 0 Å². The van der Waals surface area contributed by atoms with Crippen LogP contribution in [-0.2, 0) is 4.79 Å². The molecule has 1 aromatic heterocycles. The van der Waals surface area contributed by atoms with Crippen LogP contribution in [-0.4, -0.2) is 28.7 Å². The number of nitrogens with zero attached hydrogens (tertiary/aromatic N) is 1. The van der Waals surface area contributed by atoms with Crippen molar-refractivity contribution < 1.29 is 19.2 Å². The molecule has 0 aliphatic carbocycles. The molecule has 1 unspecified atom stereocenters. The molecule has 1 heterocycles. The fourth-order valence-electron chi connectivity index (χ4n) is 1.89. The number of hydrogen-bond acceptors (Lipinski definition) is 4. The second kappa shape index (κ2) is 7.09. The van der Waals surface area contributed by atoms with Crippen LogP contribution in [0.1, 0.15) is 23.9 Å². The lowest BCUT2D eigenvalue weighted by atomic mass is 10.1. The standard InChI is InChI=1S/C15H15ClN2O4/c1-9(5-14(19)20)8-17-15(21)13-7-12(18-22-13)10-3-2-4-11(16)6-10/h2-4,6-7,9H,5,8H2,1H3,(H,17,21)(H,19,20). The van der Waals surface area contributed by atoms with Crippen molar-refractivity contribution in [1.82, 2.24) is 10.5 Å². The van der Waals surface area contributed by atoms with Crippen molar-refractivity contribution in [3.8, 4) is 11.3 Å². The number of benzene rings is 1. The summed E-state index contributed by atoms with van der Waals surface area (Å²) in [5.41, 5.74) is 1.25. The van der Waals surface area contributed by atoms with Crippen molar-refractivity contribution in [3.63, 3.8) is 0 Å². The summed E-state index contributed by atoms with van der Waals surface area (Å²) in [6.07, 6.45) is -0.00948. The number of rotatable bonds is 6. The predicted molar refractivity (Wildman–Crippen MR) is 80.7 cm³/mol. The molecular weight excluding hydrogens is 308 g/mol. The highest BCUT2D eigenvalue weighted by molar-refractivity contribution is 6.30. The maximum absolute atomic E-state index is 11.9. The number of carbonyl (C=O) groups excluding carboxylic acids is 1. The molecule has 0 fully saturated rings. The Morgan fingerprint density at radius 1 is 1.41 bits per heavy atom. The fourth-order valence-corrected chi connectivity index (χ4v) is 2.08. The van der Waals surface area contributed by atoms with Crippen LogP contribution in [0.25, 0.3) is 11.3 Å². The molecule has 2 aromatic rings. The molecule has 0 spiro atoms. The van der Waals surface area contributed by atoms with Crippen molar-refractivity contribution in [2.45, 2.75) is 13.3 Å². The highest BCUT2D eigenvalue weighted by Gasteiger charge is 2.15. The normalized spacial score (nSPS) is 11.9. The topological polar surface area (TPSA) is 92.4 Å². The summed E-state index contributed by atoms with van der Waals surface area (Å²) in [5.74, 6) is -1.43. The van der Waals surface area contributed by atoms with Crippen molar-refractivity contribution in [2.24, 2.45) is 5.92 Å². The molecule has 116 valence electrons. The number of aromatic nitrogens is 1. The smallest absolute Gasteiger partial charge is 0.303 e. The summed E-state index contributed by atoms with van der Waals surface area (Å²) in [7, 11) is 0. The van der Waals surface area contributed by atoms with Crippen molar-refractivity contribution in [3.05, 3.63) is 41.1 Å². The third-order valence-electron chi connectivity index (χ3n) is 2.99. The second-order valence-electron chi connectivity index (χ2n) is 5.00. The third-order valence-corrected chi connectivity index (χ3v) is 3.22. The number of carboxylic acids is 1. The van der Waals surface area contributed by atoms with Crippen molar-refractivity contribution >= 4 is 23.5 Å². The minimum absolute atomic E-state index is 0.00948. The van der Waals surface area contributed by atoms with Gasteiger partial charge >= 0.3 is 5.97 Å². The van der Waals surface area contributed by atoms with E-state index < -0.39 is 11.9 Å². The zero-order valence-electron chi connectivity index (χ0n) is 11.9. The zero-order chi connectivity index (χ0) is 16.1. The molecule has 1 amide bonds. The quantitative estimate of drug-likeness (QED) is 0.853. The largest absolute Gasteiger partial charge is 0.481 e. The Bertz CT molecular complexity index is 684. The number of hydrogen-bond donors (Lipinski definition) is 2. The van der Waals surface area contributed by atoms with Gasteiger partial charge < -0.3 is 14.9 Å². The van der Waals surface area contributed by atoms with Gasteiger partial charge in [0.15, 0.2) is 0 Å². The maximum atomic E-state index is 11.9. The van der Waals surface area contributed by atoms with Crippen LogP contribution in [0, 0.1) is 5.92 Å². The van der Waals surface area contributed by atoms with Crippen molar-refractivity contribution in [2.75, 3.05) is 6.54 Å². The van der Waals surface area contributed by atoms with Crippen LogP contribution in [0.5, 0.6) is 0 Å². The van der Waals surface area contributed by atoms with E-state index in [4.69, 9.17) is 21.2 Å². The first-order chi connectivity index (χ1) is 10.5. The first kappa shape index (κ1) is 16.0. The molecule has 2 rings (SSSR count). The van der Waals surface area contributed by atoms with Gasteiger partial charge in [0.2, 0.25) is 5.76 Å². The Balaban J connectivity index is 1.99. The van der Waals surface area contributed by atoms with Gasteiger partial charge in [0.25, 0.3) is 5.91 Å². The van der Waals surface area contributed by atoms with E-state index in [0.717, 1.165) is 5.56 Å². The maximum Gasteiger partial charge on any atom is 0.303 e. The molecule has 0 aliphatic heterocycles. The fraction of sp³-hybridized carbons (Fsp3) is 0.267. The molecule has 0 aliphatic rings. The molecule has 0 saturated carbocycles. The molecule has 1 atom stereocenters. The Hall–Kier alpha value is -2.34. The van der Waals surface area contributed by atoms with Gasteiger partial charge in [-0.3, -0.25) is 9.59 Å². The third kappa shape index (κ3) is 4.33. The lowest BCUT2D eigenvalue weighted by molar-refractivity contribution is -0.137. The minimum atomic E-state index is -0.898. The zero-order valence-corrected chi connectivity index (χ0v) is 12.6. The van der Waals surface area contributed by atoms with E-state index in [1.807, 2.05) is 0 Å². The molecular formula is C15H15ClN2O4. The molecule has 22 heavy (non-hydrogen) atoms. The Labute approximate surface area is 132 Å². The minimum Gasteiger partial charge on any atom is -0.481 e. The second-order valence-corrected chi connectivity index (χ2v) is 5.44. The SMILES string of the molecule is CC(CNC(=O)c1cc(-c2cccc(Cl)c2)no1)CC(=O)O. The van der Waals surface area contributed by atoms with E-state index in [0.29, 0.717) is 10.7 Å². The van der Waals surface area contributed by atoms with Gasteiger partial charge in [0.1, 0.15) is 5.69 Å². The summed E-state index contributed by atoms with van der Waals surface area (Å²) < 4.78 is 5.01. The van der Waals surface area contributed by atoms with Gasteiger partial charge in [-0.05, 0) is 18.1 Å². The Morgan fingerprint density at radius 3 is 2.86 bits per heavy atom. The van der Waals surface area contributed by atoms with Gasteiger partial charge in [0.05, 0.1) is 0 Å². The van der Waals surface area contributed by atoms with E-state index in [2.05, 4.69) is 10.5 Å². The Morgan fingerprint density at radius 2 is 2.18 bits per heavy atom. The van der Waals surface area contributed by atoms with Gasteiger partial charge in [-0.1, -0.05) is 35.8 Å². The molecule has 6 nitrogen and oxygen atoms in total. The van der Waals surface area contributed by atoms with E-state index in [1.165, 1.54) is 6.07 Å². The lowest BCUT2D eigenvalue weighted by Gasteiger charge is -2.08. The van der Waals surface area contributed by atoms with Crippen LogP contribution >= 0.6 is 11.6 Å². The van der Waals surface area contributed by atoms with Crippen LogP contribution < -0.4 is 5.32 Å². The van der Waals surface area contributed by atoms with Gasteiger partial charge in [-0.2, -0.15) is 0 Å². The highest BCUT2D eigenvalue weighted by atomic mass is 35.5. The molecule has 2 N–H and O–H groups in total. The van der Waals surface area contributed by atoms with Crippen LogP contribution in [0.3, 0.4) is 0 Å². The number of nitrogens with one attached hydrogen (secondary N) is 1. The summed E-state index contributed by atoms with van der Waals surface area (Å²) in [4.78, 5) is 22.5. The number of carboxylic acid groups (broad SMARTS) is 1. The average Bonchev–Trinajstić information content (AvgIpc) is 2.94. The van der Waals surface area contributed by atoms with Crippen LogP contribution in [0.4, 0.5) is 0 Å². The van der Waals surface area contributed by atoms with Crippen molar-refractivity contribution in [1.29, 1.82) is 0 Å². The molecule has 0 radical (unpaired) electrons. The van der Waals surface area contributed by atoms with Crippen LogP contribution in [0.2, 0.25) is 5.02 Å². The summed E-state index contributed by atoms with van der Waals surface area (Å²) in [6, 6.07) is 8.56. The lowest BCUT2D eigenvalue weighted by Crippen LogP contribution is -2.28. The first-order valence-electron chi connectivity index (χ1n) is 6.68. The van der Waals surface area contributed by atoms with E-state index in [9.17, 15) is 9.59 Å². The molecule has 1 aromatic carbocycles. The van der Waals surface area contributed by atoms with Gasteiger partial charge in [-0.25, -0.2) is 0 Å². The number of carbonyl (C=O) groups is 2. The average molecular weight is 323 g/mol. The number of amides is 1. The summed E-state index contributed by atoms with van der Waals surface area (Å²) >= 11 is 5.90. The molecule has 0 bridgehead atoms. The predicted octanol–water partition coefficient (Wildman–Crippen LogP) is 2.84. The summed E-state index contributed by atoms with van der Waals surface area (Å²) in [5, 5.41) is 15.7. The molecule has 0 saturated heterocycles. The monoisotopic (exact) mass is 322 g/mol. The highest BCUT2D eigenvalue weighted by Crippen LogP contribution is 2.22. The van der Waals surface area contributed by atoms with Crippen LogP contribution in [0.15, 0.2) is 34.9 Å². The van der Waals surface area contributed by atoms with E-state index in [-0.39, 0.29) is 24.6 Å². The Kier molecular flexibility index (Phi) is 5.16. The molecule has 7 heteroatoms. The summed E-state index contributed by atoms with van der Waals surface area (Å²) in [6.45, 7) is 1.99. The van der Waals surface area contributed by atoms with E-state index in [1.54, 1.807) is 31.2 Å². The van der Waals surface area contributed by atoms with Gasteiger partial charge in [0, 0.05) is 29.6 Å². The number of aliphatic carboxylic acids is 1. The van der Waals surface area contributed by atoms with E-state index >= 15 is 0 Å². The first-order valence-corrected chi connectivity index (χ1v) is 7.06. The number of halogens is 1.